The number of thiophene rings is 1. The largest absolute Gasteiger partial charge is 0.367 e. The molecule has 1 aromatic carbocycles. The fraction of sp³-hybridized carbons (Fsp3) is 0.269. The number of pyridine rings is 1. The standard InChI is InChI=1S/C26H29N5S/c1-26(2,3)12-9-20-17-32-23-22(20)30-24(19-10-13-28-14-11-19)31-25(23)29-16-21(27)15-18-7-5-4-6-8-18/h4-14,17,21H,15-16,27H2,1-3H3,(H,29,30,31)/t21-/m0/s1. The molecule has 1 atom stereocenters. The van der Waals surface area contributed by atoms with E-state index in [9.17, 15) is 0 Å². The Bertz CT molecular complexity index is 1190. The molecule has 3 N–H and O–H groups in total. The Kier molecular flexibility index (Phi) is 6.63. The average molecular weight is 444 g/mol. The van der Waals surface area contributed by atoms with Gasteiger partial charge in [-0.3, -0.25) is 4.98 Å². The number of rotatable bonds is 7. The molecule has 0 fully saturated rings. The highest BCUT2D eigenvalue weighted by Crippen LogP contribution is 2.33. The van der Waals surface area contributed by atoms with Crippen LogP contribution in [0.1, 0.15) is 31.9 Å². The molecule has 0 saturated heterocycles. The summed E-state index contributed by atoms with van der Waals surface area (Å²) in [6.45, 7) is 7.20. The number of hydrogen-bond donors (Lipinski definition) is 2. The molecule has 6 heteroatoms. The van der Waals surface area contributed by atoms with Crippen molar-refractivity contribution < 1.29 is 0 Å². The van der Waals surface area contributed by atoms with E-state index in [1.54, 1.807) is 23.7 Å². The van der Waals surface area contributed by atoms with Crippen molar-refractivity contribution in [3.05, 3.63) is 77.4 Å². The quantitative estimate of drug-likeness (QED) is 0.378. The van der Waals surface area contributed by atoms with Gasteiger partial charge in [0.2, 0.25) is 0 Å². The second-order valence-electron chi connectivity index (χ2n) is 9.03. The van der Waals surface area contributed by atoms with Gasteiger partial charge in [-0.05, 0) is 29.5 Å². The summed E-state index contributed by atoms with van der Waals surface area (Å²) in [5.74, 6) is 1.51. The zero-order valence-corrected chi connectivity index (χ0v) is 19.6. The lowest BCUT2D eigenvalue weighted by Gasteiger charge is -2.15. The molecule has 3 heterocycles. The van der Waals surface area contributed by atoms with E-state index < -0.39 is 0 Å². The first kappa shape index (κ1) is 22.1. The number of aromatic nitrogens is 3. The van der Waals surface area contributed by atoms with Crippen molar-refractivity contribution in [2.45, 2.75) is 33.2 Å². The third kappa shape index (κ3) is 5.58. The minimum absolute atomic E-state index is 0.0213. The number of benzene rings is 1. The molecule has 32 heavy (non-hydrogen) atoms. The fourth-order valence-electron chi connectivity index (χ4n) is 3.36. The van der Waals surface area contributed by atoms with Crippen LogP contribution in [0.15, 0.2) is 66.3 Å². The van der Waals surface area contributed by atoms with Crippen LogP contribution in [0.5, 0.6) is 0 Å². The molecule has 164 valence electrons. The lowest BCUT2D eigenvalue weighted by Crippen LogP contribution is -2.31. The van der Waals surface area contributed by atoms with Gasteiger partial charge >= 0.3 is 0 Å². The van der Waals surface area contributed by atoms with Crippen LogP contribution in [-0.4, -0.2) is 27.5 Å². The van der Waals surface area contributed by atoms with E-state index in [0.29, 0.717) is 12.4 Å². The third-order valence-electron chi connectivity index (χ3n) is 5.02. The Balaban J connectivity index is 1.65. The molecule has 0 unspecified atom stereocenters. The van der Waals surface area contributed by atoms with Crippen molar-refractivity contribution >= 4 is 33.4 Å². The van der Waals surface area contributed by atoms with Crippen molar-refractivity contribution in [2.24, 2.45) is 11.1 Å². The minimum Gasteiger partial charge on any atom is -0.367 e. The Morgan fingerprint density at radius 3 is 2.53 bits per heavy atom. The van der Waals surface area contributed by atoms with E-state index in [1.165, 1.54) is 5.56 Å². The molecule has 0 aliphatic carbocycles. The number of nitrogens with zero attached hydrogens (tertiary/aromatic N) is 3. The lowest BCUT2D eigenvalue weighted by atomic mass is 9.95. The zero-order chi connectivity index (χ0) is 22.6. The number of fused-ring (bicyclic) bond motifs is 1. The Labute approximate surface area is 193 Å². The van der Waals surface area contributed by atoms with E-state index >= 15 is 0 Å². The molecule has 0 aliphatic heterocycles. The summed E-state index contributed by atoms with van der Waals surface area (Å²) in [5, 5.41) is 5.64. The molecule has 0 spiro atoms. The van der Waals surface area contributed by atoms with Crippen LogP contribution in [0.25, 0.3) is 27.7 Å². The molecule has 4 aromatic rings. The zero-order valence-electron chi connectivity index (χ0n) is 18.7. The average Bonchev–Trinajstić information content (AvgIpc) is 3.20. The summed E-state index contributed by atoms with van der Waals surface area (Å²) >= 11 is 1.66. The normalized spacial score (nSPS) is 13.0. The van der Waals surface area contributed by atoms with Gasteiger partial charge in [-0.15, -0.1) is 11.3 Å². The van der Waals surface area contributed by atoms with Crippen LogP contribution in [0, 0.1) is 5.41 Å². The molecular weight excluding hydrogens is 414 g/mol. The van der Waals surface area contributed by atoms with E-state index in [2.05, 4.69) is 60.7 Å². The number of hydrogen-bond acceptors (Lipinski definition) is 6. The van der Waals surface area contributed by atoms with Crippen LogP contribution in [-0.2, 0) is 6.42 Å². The van der Waals surface area contributed by atoms with Crippen molar-refractivity contribution in [3.8, 4) is 11.4 Å². The molecular formula is C26H29N5S. The SMILES string of the molecule is CC(C)(C)C=Cc1csc2c(NC[C@@H](N)Cc3ccccc3)nc(-c3ccncc3)nc12. The third-order valence-corrected chi connectivity index (χ3v) is 6.01. The van der Waals surface area contributed by atoms with Gasteiger partial charge in [0.1, 0.15) is 5.82 Å². The fourth-order valence-corrected chi connectivity index (χ4v) is 4.30. The lowest BCUT2D eigenvalue weighted by molar-refractivity contribution is 0.547. The molecule has 0 saturated carbocycles. The number of nitrogens with two attached hydrogens (primary N) is 1. The van der Waals surface area contributed by atoms with Gasteiger partial charge in [-0.1, -0.05) is 63.3 Å². The number of allylic oxidation sites excluding steroid dienone is 1. The molecule has 0 aliphatic rings. The van der Waals surface area contributed by atoms with Gasteiger partial charge in [-0.25, -0.2) is 9.97 Å². The van der Waals surface area contributed by atoms with Gasteiger partial charge in [0.05, 0.1) is 10.2 Å². The van der Waals surface area contributed by atoms with E-state index in [0.717, 1.165) is 33.6 Å². The van der Waals surface area contributed by atoms with Crippen molar-refractivity contribution in [2.75, 3.05) is 11.9 Å². The van der Waals surface area contributed by atoms with E-state index in [4.69, 9.17) is 15.7 Å². The van der Waals surface area contributed by atoms with Crippen molar-refractivity contribution in [1.82, 2.24) is 15.0 Å². The molecule has 0 amide bonds. The van der Waals surface area contributed by atoms with Gasteiger partial charge in [0.25, 0.3) is 0 Å². The first-order valence-corrected chi connectivity index (χ1v) is 11.7. The summed E-state index contributed by atoms with van der Waals surface area (Å²) in [7, 11) is 0. The molecule has 3 aromatic heterocycles. The highest BCUT2D eigenvalue weighted by atomic mass is 32.1. The van der Waals surface area contributed by atoms with E-state index in [1.807, 2.05) is 30.3 Å². The first-order chi connectivity index (χ1) is 15.4. The maximum Gasteiger partial charge on any atom is 0.162 e. The van der Waals surface area contributed by atoms with E-state index in [-0.39, 0.29) is 11.5 Å². The molecule has 4 rings (SSSR count). The maximum atomic E-state index is 6.43. The Morgan fingerprint density at radius 2 is 1.81 bits per heavy atom. The highest BCUT2D eigenvalue weighted by molar-refractivity contribution is 7.18. The Hall–Kier alpha value is -3.09. The molecule has 5 nitrogen and oxygen atoms in total. The van der Waals surface area contributed by atoms with Crippen molar-refractivity contribution in [1.29, 1.82) is 0 Å². The maximum absolute atomic E-state index is 6.43. The Morgan fingerprint density at radius 1 is 1.06 bits per heavy atom. The van der Waals surface area contributed by atoms with Gasteiger partial charge < -0.3 is 11.1 Å². The van der Waals surface area contributed by atoms with Crippen LogP contribution in [0.3, 0.4) is 0 Å². The second kappa shape index (κ2) is 9.59. The topological polar surface area (TPSA) is 76.7 Å². The highest BCUT2D eigenvalue weighted by Gasteiger charge is 2.15. The monoisotopic (exact) mass is 443 g/mol. The van der Waals surface area contributed by atoms with Gasteiger partial charge in [0.15, 0.2) is 5.82 Å². The molecule has 0 radical (unpaired) electrons. The summed E-state index contributed by atoms with van der Waals surface area (Å²) in [6.07, 6.45) is 8.71. The predicted molar refractivity (Wildman–Crippen MR) is 136 cm³/mol. The van der Waals surface area contributed by atoms with Gasteiger partial charge in [-0.2, -0.15) is 0 Å². The minimum atomic E-state index is -0.0213. The first-order valence-electron chi connectivity index (χ1n) is 10.8. The smallest absolute Gasteiger partial charge is 0.162 e. The molecule has 0 bridgehead atoms. The van der Waals surface area contributed by atoms with Gasteiger partial charge in [0, 0.05) is 41.5 Å². The summed E-state index contributed by atoms with van der Waals surface area (Å²) < 4.78 is 1.04. The summed E-state index contributed by atoms with van der Waals surface area (Å²) in [4.78, 5) is 13.9. The number of anilines is 1. The summed E-state index contributed by atoms with van der Waals surface area (Å²) in [6, 6.07) is 14.2. The van der Waals surface area contributed by atoms with Crippen LogP contribution in [0.4, 0.5) is 5.82 Å². The van der Waals surface area contributed by atoms with Crippen molar-refractivity contribution in [3.63, 3.8) is 0 Å². The van der Waals surface area contributed by atoms with Crippen LogP contribution >= 0.6 is 11.3 Å². The second-order valence-corrected chi connectivity index (χ2v) is 9.91. The summed E-state index contributed by atoms with van der Waals surface area (Å²) in [5.41, 5.74) is 10.8. The van der Waals surface area contributed by atoms with Crippen LogP contribution < -0.4 is 11.1 Å². The predicted octanol–water partition coefficient (Wildman–Crippen LogP) is 5.79. The number of nitrogens with one attached hydrogen (secondary N) is 1. The van der Waals surface area contributed by atoms with Crippen LogP contribution in [0.2, 0.25) is 0 Å².